The van der Waals surface area contributed by atoms with E-state index in [1.54, 1.807) is 26.7 Å². The number of carbonyl (C=O) groups excluding carboxylic acids is 1. The molecular weight excluding hydrogens is 270 g/mol. The monoisotopic (exact) mass is 289 g/mol. The number of methoxy groups -OCH3 is 2. The molecule has 0 bridgehead atoms. The quantitative estimate of drug-likeness (QED) is 0.841. The van der Waals surface area contributed by atoms with E-state index in [0.29, 0.717) is 31.0 Å². The average Bonchev–Trinajstić information content (AvgIpc) is 3.04. The summed E-state index contributed by atoms with van der Waals surface area (Å²) < 4.78 is 12.3. The van der Waals surface area contributed by atoms with Gasteiger partial charge >= 0.3 is 0 Å². The van der Waals surface area contributed by atoms with Crippen molar-refractivity contribution in [1.29, 1.82) is 0 Å². The summed E-state index contributed by atoms with van der Waals surface area (Å²) in [5, 5.41) is 2.88. The summed E-state index contributed by atoms with van der Waals surface area (Å²) in [6, 6.07) is 5.58. The van der Waals surface area contributed by atoms with E-state index in [-0.39, 0.29) is 5.91 Å². The second-order valence-corrected chi connectivity index (χ2v) is 4.52. The van der Waals surface area contributed by atoms with Gasteiger partial charge in [-0.05, 0) is 17.7 Å². The van der Waals surface area contributed by atoms with Crippen LogP contribution in [0.15, 0.2) is 36.9 Å². The number of hydrogen-bond acceptors (Lipinski definition) is 4. The van der Waals surface area contributed by atoms with E-state index in [9.17, 15) is 4.79 Å². The van der Waals surface area contributed by atoms with Crippen molar-refractivity contribution in [3.8, 4) is 11.5 Å². The maximum absolute atomic E-state index is 11.8. The maximum Gasteiger partial charge on any atom is 0.222 e. The van der Waals surface area contributed by atoms with E-state index in [1.807, 2.05) is 29.0 Å². The van der Waals surface area contributed by atoms with E-state index in [0.717, 1.165) is 5.56 Å². The van der Waals surface area contributed by atoms with Gasteiger partial charge in [-0.15, -0.1) is 0 Å². The summed E-state index contributed by atoms with van der Waals surface area (Å²) in [7, 11) is 3.18. The van der Waals surface area contributed by atoms with Gasteiger partial charge in [0.15, 0.2) is 11.5 Å². The minimum atomic E-state index is -0.00140. The Morgan fingerprint density at radius 1 is 1.29 bits per heavy atom. The molecule has 0 saturated carbocycles. The first-order valence-electron chi connectivity index (χ1n) is 6.66. The number of aromatic nitrogens is 2. The fraction of sp³-hybridized carbons (Fsp3) is 0.333. The number of amides is 1. The van der Waals surface area contributed by atoms with Crippen LogP contribution >= 0.6 is 0 Å². The average molecular weight is 289 g/mol. The third-order valence-electron chi connectivity index (χ3n) is 3.09. The third kappa shape index (κ3) is 4.24. The largest absolute Gasteiger partial charge is 0.493 e. The Morgan fingerprint density at radius 3 is 2.76 bits per heavy atom. The highest BCUT2D eigenvalue weighted by Gasteiger charge is 2.06. The molecule has 0 aliphatic rings. The number of nitrogens with zero attached hydrogens (tertiary/aromatic N) is 2. The molecule has 0 aliphatic heterocycles. The van der Waals surface area contributed by atoms with Crippen LogP contribution in [0.4, 0.5) is 0 Å². The molecule has 0 aliphatic carbocycles. The zero-order valence-corrected chi connectivity index (χ0v) is 12.2. The number of imidazole rings is 1. The molecule has 0 fully saturated rings. The van der Waals surface area contributed by atoms with Crippen LogP contribution in [-0.2, 0) is 17.9 Å². The summed E-state index contributed by atoms with van der Waals surface area (Å²) in [6.07, 6.45) is 5.65. The van der Waals surface area contributed by atoms with Gasteiger partial charge in [-0.25, -0.2) is 4.98 Å². The number of rotatable bonds is 7. The minimum Gasteiger partial charge on any atom is -0.493 e. The summed E-state index contributed by atoms with van der Waals surface area (Å²) in [5.41, 5.74) is 0.962. The first-order chi connectivity index (χ1) is 10.2. The second-order valence-electron chi connectivity index (χ2n) is 4.52. The van der Waals surface area contributed by atoms with Crippen molar-refractivity contribution >= 4 is 5.91 Å². The Labute approximate surface area is 123 Å². The lowest BCUT2D eigenvalue weighted by Gasteiger charge is -2.10. The first kappa shape index (κ1) is 14.9. The lowest BCUT2D eigenvalue weighted by Crippen LogP contribution is -2.23. The van der Waals surface area contributed by atoms with Gasteiger partial charge < -0.3 is 19.4 Å². The number of ether oxygens (including phenoxy) is 2. The fourth-order valence-corrected chi connectivity index (χ4v) is 1.93. The lowest BCUT2D eigenvalue weighted by molar-refractivity contribution is -0.121. The molecule has 1 N–H and O–H groups in total. The van der Waals surface area contributed by atoms with Crippen molar-refractivity contribution in [2.75, 3.05) is 14.2 Å². The Bertz CT molecular complexity index is 582. The van der Waals surface area contributed by atoms with Crippen molar-refractivity contribution in [3.63, 3.8) is 0 Å². The zero-order valence-electron chi connectivity index (χ0n) is 12.2. The number of aryl methyl sites for hydroxylation is 1. The molecule has 6 nitrogen and oxygen atoms in total. The molecule has 1 heterocycles. The van der Waals surface area contributed by atoms with Crippen LogP contribution < -0.4 is 14.8 Å². The summed E-state index contributed by atoms with van der Waals surface area (Å²) in [4.78, 5) is 15.7. The number of benzene rings is 1. The molecular formula is C15H19N3O3. The molecule has 0 radical (unpaired) electrons. The van der Waals surface area contributed by atoms with Gasteiger partial charge in [0, 0.05) is 31.9 Å². The van der Waals surface area contributed by atoms with Crippen LogP contribution in [0.3, 0.4) is 0 Å². The Kier molecular flexibility index (Phi) is 5.20. The molecule has 1 aromatic carbocycles. The van der Waals surface area contributed by atoms with E-state index in [4.69, 9.17) is 9.47 Å². The number of nitrogens with one attached hydrogen (secondary N) is 1. The molecule has 21 heavy (non-hydrogen) atoms. The molecule has 2 aromatic rings. The third-order valence-corrected chi connectivity index (χ3v) is 3.09. The van der Waals surface area contributed by atoms with E-state index >= 15 is 0 Å². The number of carbonyl (C=O) groups is 1. The van der Waals surface area contributed by atoms with Crippen molar-refractivity contribution in [2.45, 2.75) is 19.5 Å². The van der Waals surface area contributed by atoms with Crippen molar-refractivity contribution in [2.24, 2.45) is 0 Å². The first-order valence-corrected chi connectivity index (χ1v) is 6.66. The minimum absolute atomic E-state index is 0.00140. The van der Waals surface area contributed by atoms with Crippen LogP contribution in [-0.4, -0.2) is 29.7 Å². The summed E-state index contributed by atoms with van der Waals surface area (Å²) in [6.45, 7) is 1.08. The van der Waals surface area contributed by atoms with Crippen molar-refractivity contribution in [3.05, 3.63) is 42.5 Å². The van der Waals surface area contributed by atoms with Crippen molar-refractivity contribution < 1.29 is 14.3 Å². The van der Waals surface area contributed by atoms with Gasteiger partial charge in [0.05, 0.1) is 20.5 Å². The number of hydrogen-bond donors (Lipinski definition) is 1. The van der Waals surface area contributed by atoms with Gasteiger partial charge in [0.25, 0.3) is 0 Å². The van der Waals surface area contributed by atoms with E-state index < -0.39 is 0 Å². The normalized spacial score (nSPS) is 10.2. The predicted octanol–water partition coefficient (Wildman–Crippen LogP) is 1.61. The Hall–Kier alpha value is -2.50. The van der Waals surface area contributed by atoms with Gasteiger partial charge in [-0.1, -0.05) is 6.07 Å². The standard InChI is InChI=1S/C15H19N3O3/c1-20-13-4-3-12(9-14(13)21-2)10-17-15(19)5-7-18-8-6-16-11-18/h3-4,6,8-9,11H,5,7,10H2,1-2H3,(H,17,19). The van der Waals surface area contributed by atoms with Gasteiger partial charge in [0.1, 0.15) is 0 Å². The van der Waals surface area contributed by atoms with Gasteiger partial charge in [-0.2, -0.15) is 0 Å². The molecule has 2 rings (SSSR count). The molecule has 0 saturated heterocycles. The maximum atomic E-state index is 11.8. The van der Waals surface area contributed by atoms with Crippen LogP contribution in [0.2, 0.25) is 0 Å². The van der Waals surface area contributed by atoms with Crippen LogP contribution in [0.5, 0.6) is 11.5 Å². The molecule has 0 spiro atoms. The lowest BCUT2D eigenvalue weighted by atomic mass is 10.2. The van der Waals surface area contributed by atoms with Crippen LogP contribution in [0.25, 0.3) is 0 Å². The molecule has 1 amide bonds. The SMILES string of the molecule is COc1ccc(CNC(=O)CCn2ccnc2)cc1OC. The highest BCUT2D eigenvalue weighted by molar-refractivity contribution is 5.75. The van der Waals surface area contributed by atoms with Crippen LogP contribution in [0, 0.1) is 0 Å². The van der Waals surface area contributed by atoms with Gasteiger partial charge in [-0.3, -0.25) is 4.79 Å². The topological polar surface area (TPSA) is 65.4 Å². The fourth-order valence-electron chi connectivity index (χ4n) is 1.93. The molecule has 0 atom stereocenters. The molecule has 1 aromatic heterocycles. The highest BCUT2D eigenvalue weighted by Crippen LogP contribution is 2.27. The van der Waals surface area contributed by atoms with Gasteiger partial charge in [0.2, 0.25) is 5.91 Å². The van der Waals surface area contributed by atoms with E-state index in [2.05, 4.69) is 10.3 Å². The predicted molar refractivity (Wildman–Crippen MR) is 78.2 cm³/mol. The molecule has 112 valence electrons. The molecule has 0 unspecified atom stereocenters. The summed E-state index contributed by atoms with van der Waals surface area (Å²) in [5.74, 6) is 1.33. The smallest absolute Gasteiger partial charge is 0.222 e. The second kappa shape index (κ2) is 7.33. The van der Waals surface area contributed by atoms with E-state index in [1.165, 1.54) is 0 Å². The molecule has 6 heteroatoms. The van der Waals surface area contributed by atoms with Crippen molar-refractivity contribution in [1.82, 2.24) is 14.9 Å². The zero-order chi connectivity index (χ0) is 15.1. The van der Waals surface area contributed by atoms with Crippen LogP contribution in [0.1, 0.15) is 12.0 Å². The summed E-state index contributed by atoms with van der Waals surface area (Å²) >= 11 is 0. The Balaban J connectivity index is 1.83. The Morgan fingerprint density at radius 2 is 2.10 bits per heavy atom. The highest BCUT2D eigenvalue weighted by atomic mass is 16.5.